The van der Waals surface area contributed by atoms with E-state index in [4.69, 9.17) is 4.74 Å². The maximum absolute atomic E-state index is 11.0. The zero-order valence-electron chi connectivity index (χ0n) is 17.4. The first-order valence-corrected chi connectivity index (χ1v) is 9.74. The molecule has 2 N–H and O–H groups in total. The van der Waals surface area contributed by atoms with Gasteiger partial charge in [-0.2, -0.15) is 0 Å². The molecule has 1 fully saturated rings. The number of phenols is 1. The van der Waals surface area contributed by atoms with Crippen LogP contribution in [0.4, 0.5) is 0 Å². The molecule has 0 amide bonds. The molecule has 2 aliphatic rings. The highest BCUT2D eigenvalue weighted by atomic mass is 16.5. The van der Waals surface area contributed by atoms with Crippen molar-refractivity contribution >= 4 is 0 Å². The van der Waals surface area contributed by atoms with Crippen molar-refractivity contribution in [3.63, 3.8) is 0 Å². The predicted molar refractivity (Wildman–Crippen MR) is 105 cm³/mol. The Bertz CT molecular complexity index is 625. The van der Waals surface area contributed by atoms with E-state index in [9.17, 15) is 10.2 Å². The molecule has 3 rings (SSSR count). The standard InChI is InChI=1S/C20H30O3.C2H6O/c1-11(2)14-9-13-10-15(21)16-12(3)7-6-8-20(16,4)17(13)18(22)19(14)23-5;1-3-2/h9,11-12,15-16,21-22H,6-8,10H2,1-5H3;1-2H3/t12?,15-,16?,20?;/m0./s1. The van der Waals surface area contributed by atoms with Gasteiger partial charge in [-0.15, -0.1) is 0 Å². The smallest absolute Gasteiger partial charge is 0.164 e. The zero-order valence-corrected chi connectivity index (χ0v) is 17.4. The third-order valence-corrected chi connectivity index (χ3v) is 6.31. The van der Waals surface area contributed by atoms with Crippen LogP contribution in [0.3, 0.4) is 0 Å². The Morgan fingerprint density at radius 2 is 1.85 bits per heavy atom. The fourth-order valence-electron chi connectivity index (χ4n) is 5.38. The predicted octanol–water partition coefficient (Wildman–Crippen LogP) is 4.40. The van der Waals surface area contributed by atoms with Crippen molar-refractivity contribution in [3.8, 4) is 11.5 Å². The topological polar surface area (TPSA) is 58.9 Å². The molecule has 1 aromatic rings. The number of phenolic OH excluding ortho intramolecular Hbond substituents is 1. The van der Waals surface area contributed by atoms with Crippen LogP contribution >= 0.6 is 0 Å². The van der Waals surface area contributed by atoms with Gasteiger partial charge in [-0.25, -0.2) is 0 Å². The van der Waals surface area contributed by atoms with Gasteiger partial charge >= 0.3 is 0 Å². The van der Waals surface area contributed by atoms with Gasteiger partial charge in [-0.3, -0.25) is 0 Å². The normalized spacial score (nSPS) is 30.1. The Hall–Kier alpha value is -1.26. The maximum Gasteiger partial charge on any atom is 0.164 e. The molecule has 0 heterocycles. The second kappa shape index (κ2) is 8.18. The maximum atomic E-state index is 11.0. The summed E-state index contributed by atoms with van der Waals surface area (Å²) >= 11 is 0. The lowest BCUT2D eigenvalue weighted by atomic mass is 9.54. The van der Waals surface area contributed by atoms with Crippen LogP contribution in [0, 0.1) is 11.8 Å². The molecule has 0 radical (unpaired) electrons. The molecule has 0 spiro atoms. The summed E-state index contributed by atoms with van der Waals surface area (Å²) in [6, 6.07) is 2.16. The number of rotatable bonds is 2. The highest BCUT2D eigenvalue weighted by Gasteiger charge is 2.51. The molecule has 4 nitrogen and oxygen atoms in total. The van der Waals surface area contributed by atoms with E-state index in [1.54, 1.807) is 21.3 Å². The quantitative estimate of drug-likeness (QED) is 0.817. The summed E-state index contributed by atoms with van der Waals surface area (Å²) in [5.74, 6) is 1.89. The number of aliphatic hydroxyl groups is 1. The number of ether oxygens (including phenoxy) is 2. The Kier molecular flexibility index (Phi) is 6.62. The summed E-state index contributed by atoms with van der Waals surface area (Å²) in [4.78, 5) is 0. The molecule has 148 valence electrons. The van der Waals surface area contributed by atoms with Crippen molar-refractivity contribution in [2.75, 3.05) is 21.3 Å². The first-order chi connectivity index (χ1) is 12.2. The van der Waals surface area contributed by atoms with Crippen LogP contribution in [0.5, 0.6) is 11.5 Å². The van der Waals surface area contributed by atoms with Gasteiger partial charge in [-0.1, -0.05) is 46.6 Å². The van der Waals surface area contributed by atoms with Gasteiger partial charge in [0, 0.05) is 30.8 Å². The van der Waals surface area contributed by atoms with Crippen LogP contribution in [-0.4, -0.2) is 37.6 Å². The van der Waals surface area contributed by atoms with Gasteiger partial charge in [0.2, 0.25) is 0 Å². The second-order valence-electron chi connectivity index (χ2n) is 8.53. The average molecular weight is 365 g/mol. The molecule has 2 aliphatic carbocycles. The van der Waals surface area contributed by atoms with Gasteiger partial charge in [0.1, 0.15) is 0 Å². The number of fused-ring (bicyclic) bond motifs is 3. The highest BCUT2D eigenvalue weighted by molar-refractivity contribution is 5.60. The van der Waals surface area contributed by atoms with Gasteiger partial charge in [0.05, 0.1) is 13.2 Å². The Morgan fingerprint density at radius 3 is 2.38 bits per heavy atom. The Morgan fingerprint density at radius 1 is 1.23 bits per heavy atom. The van der Waals surface area contributed by atoms with E-state index < -0.39 is 0 Å². The number of benzene rings is 1. The van der Waals surface area contributed by atoms with Crippen LogP contribution in [0.25, 0.3) is 0 Å². The van der Waals surface area contributed by atoms with Gasteiger partial charge in [-0.05, 0) is 36.2 Å². The number of hydrogen-bond acceptors (Lipinski definition) is 4. The van der Waals surface area contributed by atoms with Gasteiger partial charge in [0.15, 0.2) is 11.5 Å². The summed E-state index contributed by atoms with van der Waals surface area (Å²) in [7, 11) is 4.88. The fraction of sp³-hybridized carbons (Fsp3) is 0.727. The van der Waals surface area contributed by atoms with Crippen molar-refractivity contribution in [2.45, 2.75) is 70.8 Å². The first-order valence-electron chi connectivity index (χ1n) is 9.74. The van der Waals surface area contributed by atoms with Crippen LogP contribution in [-0.2, 0) is 16.6 Å². The number of methoxy groups -OCH3 is 2. The van der Waals surface area contributed by atoms with Crippen molar-refractivity contribution in [1.82, 2.24) is 0 Å². The number of aromatic hydroxyl groups is 1. The van der Waals surface area contributed by atoms with Crippen molar-refractivity contribution in [2.24, 2.45) is 11.8 Å². The van der Waals surface area contributed by atoms with Crippen LogP contribution in [0.1, 0.15) is 69.6 Å². The molecule has 1 saturated carbocycles. The lowest BCUT2D eigenvalue weighted by molar-refractivity contribution is -0.00951. The zero-order chi connectivity index (χ0) is 19.6. The summed E-state index contributed by atoms with van der Waals surface area (Å²) < 4.78 is 9.82. The summed E-state index contributed by atoms with van der Waals surface area (Å²) in [5.41, 5.74) is 2.99. The minimum atomic E-state index is -0.324. The average Bonchev–Trinajstić information content (AvgIpc) is 2.54. The van der Waals surface area contributed by atoms with E-state index in [1.807, 2.05) is 0 Å². The lowest BCUT2D eigenvalue weighted by Gasteiger charge is -2.52. The van der Waals surface area contributed by atoms with E-state index in [0.717, 1.165) is 36.0 Å². The Labute approximate surface area is 158 Å². The molecular formula is C22H36O4. The van der Waals surface area contributed by atoms with Crippen molar-refractivity contribution in [3.05, 3.63) is 22.8 Å². The molecule has 4 atom stereocenters. The molecule has 3 unspecified atom stereocenters. The molecule has 0 saturated heterocycles. The van der Waals surface area contributed by atoms with E-state index >= 15 is 0 Å². The molecule has 0 bridgehead atoms. The largest absolute Gasteiger partial charge is 0.504 e. The molecule has 1 aromatic carbocycles. The number of aliphatic hydroxyl groups excluding tert-OH is 1. The van der Waals surface area contributed by atoms with E-state index in [2.05, 4.69) is 38.5 Å². The fourth-order valence-corrected chi connectivity index (χ4v) is 5.38. The minimum absolute atomic E-state index is 0.169. The van der Waals surface area contributed by atoms with Crippen molar-refractivity contribution in [1.29, 1.82) is 0 Å². The van der Waals surface area contributed by atoms with E-state index in [0.29, 0.717) is 23.8 Å². The third-order valence-electron chi connectivity index (χ3n) is 6.31. The van der Waals surface area contributed by atoms with Crippen molar-refractivity contribution < 1.29 is 19.7 Å². The lowest BCUT2D eigenvalue weighted by Crippen LogP contribution is -2.50. The summed E-state index contributed by atoms with van der Waals surface area (Å²) in [6.07, 6.45) is 3.64. The van der Waals surface area contributed by atoms with Crippen LogP contribution in [0.15, 0.2) is 6.07 Å². The molecule has 0 aromatic heterocycles. The van der Waals surface area contributed by atoms with E-state index in [-0.39, 0.29) is 23.4 Å². The van der Waals surface area contributed by atoms with Gasteiger partial charge < -0.3 is 19.7 Å². The minimum Gasteiger partial charge on any atom is -0.504 e. The summed E-state index contributed by atoms with van der Waals surface area (Å²) in [5, 5.41) is 21.9. The number of hydrogen-bond donors (Lipinski definition) is 2. The monoisotopic (exact) mass is 364 g/mol. The first kappa shape index (κ1) is 21.0. The molecule has 26 heavy (non-hydrogen) atoms. The SMILES string of the molecule is COC.COc1c(C(C)C)cc2c(c1O)C1(C)CCCC(C)C1[C@@H](O)C2. The Balaban J connectivity index is 0.000000758. The molecule has 4 heteroatoms. The second-order valence-corrected chi connectivity index (χ2v) is 8.53. The third kappa shape index (κ3) is 3.46. The molecular weight excluding hydrogens is 328 g/mol. The highest BCUT2D eigenvalue weighted by Crippen LogP contribution is 2.57. The van der Waals surface area contributed by atoms with Crippen LogP contribution < -0.4 is 4.74 Å². The van der Waals surface area contributed by atoms with Gasteiger partial charge in [0.25, 0.3) is 0 Å². The van der Waals surface area contributed by atoms with E-state index in [1.165, 1.54) is 0 Å². The van der Waals surface area contributed by atoms with Crippen LogP contribution in [0.2, 0.25) is 0 Å². The summed E-state index contributed by atoms with van der Waals surface area (Å²) in [6.45, 7) is 8.68. The molecule has 0 aliphatic heterocycles.